The molecule has 4 rings (SSSR count). The number of rotatable bonds is 6. The van der Waals surface area contributed by atoms with E-state index >= 15 is 0 Å². The van der Waals surface area contributed by atoms with Crippen molar-refractivity contribution in [3.8, 4) is 5.69 Å². The van der Waals surface area contributed by atoms with Gasteiger partial charge >= 0.3 is 6.03 Å². The Balaban J connectivity index is 1.47. The Morgan fingerprint density at radius 1 is 1.14 bits per heavy atom. The van der Waals surface area contributed by atoms with Gasteiger partial charge in [-0.1, -0.05) is 45.4 Å². The van der Waals surface area contributed by atoms with Crippen molar-refractivity contribution in [1.82, 2.24) is 19.6 Å². The predicted octanol–water partition coefficient (Wildman–Crippen LogP) is 3.34. The summed E-state index contributed by atoms with van der Waals surface area (Å²) in [4.78, 5) is 52.9. The number of amides is 4. The molecule has 2 aliphatic rings. The van der Waals surface area contributed by atoms with Gasteiger partial charge in [0.2, 0.25) is 5.91 Å². The van der Waals surface area contributed by atoms with Crippen LogP contribution >= 0.6 is 0 Å². The number of benzene rings is 1. The summed E-state index contributed by atoms with van der Waals surface area (Å²) in [6.07, 6.45) is 3.92. The van der Waals surface area contributed by atoms with Crippen LogP contribution in [0.25, 0.3) is 5.69 Å². The number of imide groups is 1. The highest BCUT2D eigenvalue weighted by Crippen LogP contribution is 2.45. The molecule has 1 aromatic carbocycles. The van der Waals surface area contributed by atoms with Gasteiger partial charge in [-0.2, -0.15) is 0 Å². The molecule has 1 aromatic heterocycles. The van der Waals surface area contributed by atoms with Crippen molar-refractivity contribution < 1.29 is 14.4 Å². The Hall–Kier alpha value is -3.36. The summed E-state index contributed by atoms with van der Waals surface area (Å²) in [5, 5.41) is 5.51. The van der Waals surface area contributed by atoms with Crippen molar-refractivity contribution in [3.05, 3.63) is 46.4 Å². The number of hydrogen-bond donors (Lipinski definition) is 2. The van der Waals surface area contributed by atoms with E-state index in [0.29, 0.717) is 30.1 Å². The molecule has 2 aromatic rings. The zero-order valence-corrected chi connectivity index (χ0v) is 21.2. The van der Waals surface area contributed by atoms with Crippen LogP contribution in [-0.4, -0.2) is 44.2 Å². The minimum atomic E-state index is -0.930. The third kappa shape index (κ3) is 4.28. The van der Waals surface area contributed by atoms with E-state index in [1.54, 1.807) is 30.8 Å². The maximum absolute atomic E-state index is 13.3. The Labute approximate surface area is 205 Å². The summed E-state index contributed by atoms with van der Waals surface area (Å²) < 4.78 is 3.12. The van der Waals surface area contributed by atoms with Gasteiger partial charge in [0.25, 0.3) is 11.5 Å². The molecule has 9 heteroatoms. The average Bonchev–Trinajstić information content (AvgIpc) is 3.19. The molecular weight excluding hydrogens is 446 g/mol. The Kier molecular flexibility index (Phi) is 6.38. The van der Waals surface area contributed by atoms with Crippen LogP contribution in [0.2, 0.25) is 0 Å². The predicted molar refractivity (Wildman–Crippen MR) is 133 cm³/mol. The molecular formula is C26H35N5O4. The molecule has 2 fully saturated rings. The zero-order valence-electron chi connectivity index (χ0n) is 21.2. The topological polar surface area (TPSA) is 105 Å². The number of carbonyl (C=O) groups is 3. The molecule has 1 spiro atoms. The normalized spacial score (nSPS) is 22.5. The van der Waals surface area contributed by atoms with Crippen molar-refractivity contribution in [1.29, 1.82) is 0 Å². The van der Waals surface area contributed by atoms with Gasteiger partial charge in [-0.05, 0) is 56.1 Å². The second kappa shape index (κ2) is 9.02. The van der Waals surface area contributed by atoms with E-state index < -0.39 is 24.0 Å². The summed E-state index contributed by atoms with van der Waals surface area (Å²) in [7, 11) is 1.73. The summed E-state index contributed by atoms with van der Waals surface area (Å²) in [5.41, 5.74) is 0.243. The van der Waals surface area contributed by atoms with E-state index in [-0.39, 0.29) is 22.6 Å². The van der Waals surface area contributed by atoms with Gasteiger partial charge in [0.05, 0.1) is 11.4 Å². The lowest BCUT2D eigenvalue weighted by Gasteiger charge is -2.42. The van der Waals surface area contributed by atoms with Crippen LogP contribution in [0.3, 0.4) is 0 Å². The maximum atomic E-state index is 13.3. The minimum Gasteiger partial charge on any atom is -0.323 e. The van der Waals surface area contributed by atoms with Crippen LogP contribution in [0.1, 0.15) is 58.6 Å². The summed E-state index contributed by atoms with van der Waals surface area (Å²) in [5.74, 6) is -0.442. The Morgan fingerprint density at radius 3 is 2.37 bits per heavy atom. The van der Waals surface area contributed by atoms with Crippen LogP contribution in [0.4, 0.5) is 10.5 Å². The van der Waals surface area contributed by atoms with Gasteiger partial charge in [-0.3, -0.25) is 24.0 Å². The average molecular weight is 482 g/mol. The van der Waals surface area contributed by atoms with Crippen molar-refractivity contribution in [3.63, 3.8) is 0 Å². The second-order valence-electron chi connectivity index (χ2n) is 10.5. The molecule has 1 aliphatic heterocycles. The van der Waals surface area contributed by atoms with E-state index in [2.05, 4.69) is 31.4 Å². The highest BCUT2D eigenvalue weighted by Gasteiger charge is 2.53. The van der Waals surface area contributed by atoms with Crippen molar-refractivity contribution in [2.24, 2.45) is 18.4 Å². The van der Waals surface area contributed by atoms with E-state index in [1.807, 2.05) is 18.2 Å². The number of nitrogens with one attached hydrogen (secondary N) is 2. The molecule has 2 N–H and O–H groups in total. The molecule has 1 aliphatic carbocycles. The zero-order chi connectivity index (χ0) is 25.5. The fourth-order valence-electron chi connectivity index (χ4n) is 5.37. The van der Waals surface area contributed by atoms with Gasteiger partial charge in [0.1, 0.15) is 17.8 Å². The molecule has 1 saturated heterocycles. The second-order valence-corrected chi connectivity index (χ2v) is 10.5. The molecule has 0 atom stereocenters. The number of anilines is 1. The van der Waals surface area contributed by atoms with Gasteiger partial charge in [-0.25, -0.2) is 9.48 Å². The molecule has 188 valence electrons. The molecule has 9 nitrogen and oxygen atoms in total. The summed E-state index contributed by atoms with van der Waals surface area (Å²) in [6, 6.07) is 8.56. The fraction of sp³-hybridized carbons (Fsp3) is 0.538. The summed E-state index contributed by atoms with van der Waals surface area (Å²) in [6.45, 7) is 7.97. The fourth-order valence-corrected chi connectivity index (χ4v) is 5.37. The molecule has 35 heavy (non-hydrogen) atoms. The van der Waals surface area contributed by atoms with Crippen molar-refractivity contribution in [2.45, 2.75) is 65.3 Å². The van der Waals surface area contributed by atoms with Crippen molar-refractivity contribution >= 4 is 23.5 Å². The minimum absolute atomic E-state index is 0.130. The highest BCUT2D eigenvalue weighted by molar-refractivity contribution is 6.10. The number of urea groups is 1. The van der Waals surface area contributed by atoms with E-state index in [1.165, 1.54) is 4.68 Å². The van der Waals surface area contributed by atoms with Gasteiger partial charge in [0.15, 0.2) is 0 Å². The van der Waals surface area contributed by atoms with Crippen molar-refractivity contribution in [2.75, 3.05) is 11.9 Å². The molecule has 1 saturated carbocycles. The van der Waals surface area contributed by atoms with Gasteiger partial charge < -0.3 is 10.6 Å². The third-order valence-corrected chi connectivity index (χ3v) is 8.22. The van der Waals surface area contributed by atoms with Crippen LogP contribution in [0.5, 0.6) is 0 Å². The lowest BCUT2D eigenvalue weighted by molar-refractivity contribution is -0.135. The monoisotopic (exact) mass is 481 g/mol. The Bertz CT molecular complexity index is 1200. The largest absolute Gasteiger partial charge is 0.325 e. The first-order valence-corrected chi connectivity index (χ1v) is 12.3. The van der Waals surface area contributed by atoms with E-state index in [0.717, 1.165) is 24.2 Å². The first-order valence-electron chi connectivity index (χ1n) is 12.3. The number of para-hydroxylation sites is 1. The molecule has 0 radical (unpaired) electrons. The lowest BCUT2D eigenvalue weighted by Crippen LogP contribution is -2.51. The molecule has 0 bridgehead atoms. The quantitative estimate of drug-likeness (QED) is 0.617. The van der Waals surface area contributed by atoms with Crippen LogP contribution < -0.4 is 16.2 Å². The van der Waals surface area contributed by atoms with E-state index in [4.69, 9.17) is 0 Å². The first kappa shape index (κ1) is 24.8. The number of aromatic nitrogens is 2. The maximum Gasteiger partial charge on any atom is 0.325 e. The number of nitrogens with zero attached hydrogens (tertiary/aromatic N) is 3. The molecule has 0 unspecified atom stereocenters. The third-order valence-electron chi connectivity index (χ3n) is 8.22. The lowest BCUT2D eigenvalue weighted by atomic mass is 9.65. The smallest absolute Gasteiger partial charge is 0.323 e. The SMILES string of the molecule is CCC(C)(C)C1CCC2(CC1)NC(=O)N(CC(=O)Nc1c(C)n(C)n(-c3ccccc3)c1=O)C2=O. The number of hydrogen-bond acceptors (Lipinski definition) is 4. The molecule has 4 amide bonds. The standard InChI is InChI=1S/C26H35N5O4/c1-6-25(3,4)18-12-14-26(15-13-18)23(34)30(24(35)28-26)16-20(32)27-21-17(2)29(5)31(22(21)33)19-10-8-7-9-11-19/h7-11,18H,6,12-16H2,1-5H3,(H,27,32)(H,28,35). The van der Waals surface area contributed by atoms with Crippen LogP contribution in [0, 0.1) is 18.3 Å². The van der Waals surface area contributed by atoms with Crippen LogP contribution in [0.15, 0.2) is 35.1 Å². The first-order chi connectivity index (χ1) is 16.5. The highest BCUT2D eigenvalue weighted by atomic mass is 16.2. The van der Waals surface area contributed by atoms with Gasteiger partial charge in [-0.15, -0.1) is 0 Å². The Morgan fingerprint density at radius 2 is 1.77 bits per heavy atom. The van der Waals surface area contributed by atoms with Gasteiger partial charge in [0, 0.05) is 7.05 Å². The van der Waals surface area contributed by atoms with Crippen LogP contribution in [-0.2, 0) is 16.6 Å². The van der Waals surface area contributed by atoms with E-state index in [9.17, 15) is 19.2 Å². The summed E-state index contributed by atoms with van der Waals surface area (Å²) >= 11 is 0. The molecule has 2 heterocycles. The number of carbonyl (C=O) groups excluding carboxylic acids is 3.